The number of benzene rings is 3. The highest BCUT2D eigenvalue weighted by atomic mass is 35.5. The third-order valence-electron chi connectivity index (χ3n) is 5.37. The molecule has 0 saturated heterocycles. The zero-order chi connectivity index (χ0) is 23.6. The molecule has 1 heterocycles. The average Bonchev–Trinajstić information content (AvgIpc) is 3.24. The van der Waals surface area contributed by atoms with E-state index < -0.39 is 0 Å². The van der Waals surface area contributed by atoms with E-state index in [-0.39, 0.29) is 11.3 Å². The number of nitrogens with one attached hydrogen (secondary N) is 2. The van der Waals surface area contributed by atoms with Crippen LogP contribution in [0.15, 0.2) is 72.1 Å². The number of nitrogens with zero attached hydrogens (tertiary/aromatic N) is 1. The zero-order valence-electron chi connectivity index (χ0n) is 19.1. The second kappa shape index (κ2) is 9.38. The van der Waals surface area contributed by atoms with Crippen molar-refractivity contribution in [3.05, 3.63) is 93.8 Å². The summed E-state index contributed by atoms with van der Waals surface area (Å²) in [4.78, 5) is 17.5. The SMILES string of the molecule is Cc1ccc(Cl)cc1Nc1nc(-c2cccc(NC(=O)c3ccc(C(C)(C)C)cc3)c2)cs1. The lowest BCUT2D eigenvalue weighted by Gasteiger charge is -2.19. The largest absolute Gasteiger partial charge is 0.331 e. The molecule has 0 aliphatic rings. The van der Waals surface area contributed by atoms with Gasteiger partial charge in [-0.15, -0.1) is 11.3 Å². The highest BCUT2D eigenvalue weighted by molar-refractivity contribution is 7.14. The molecule has 0 spiro atoms. The van der Waals surface area contributed by atoms with Gasteiger partial charge in [0.15, 0.2) is 5.13 Å². The van der Waals surface area contributed by atoms with Gasteiger partial charge in [0.05, 0.1) is 5.69 Å². The van der Waals surface area contributed by atoms with Crippen LogP contribution in [0.4, 0.5) is 16.5 Å². The summed E-state index contributed by atoms with van der Waals surface area (Å²) in [6.45, 7) is 8.49. The van der Waals surface area contributed by atoms with Crippen molar-refractivity contribution < 1.29 is 4.79 Å². The van der Waals surface area contributed by atoms with Crippen molar-refractivity contribution in [2.24, 2.45) is 0 Å². The first kappa shape index (κ1) is 23.0. The molecular weight excluding hydrogens is 450 g/mol. The average molecular weight is 476 g/mol. The van der Waals surface area contributed by atoms with Crippen LogP contribution in [-0.4, -0.2) is 10.9 Å². The number of hydrogen-bond acceptors (Lipinski definition) is 4. The Morgan fingerprint density at radius 1 is 1.00 bits per heavy atom. The van der Waals surface area contributed by atoms with Crippen molar-refractivity contribution in [1.29, 1.82) is 0 Å². The van der Waals surface area contributed by atoms with E-state index in [1.807, 2.05) is 79.0 Å². The van der Waals surface area contributed by atoms with Gasteiger partial charge in [0, 0.05) is 32.9 Å². The Morgan fingerprint density at radius 2 is 1.76 bits per heavy atom. The summed E-state index contributed by atoms with van der Waals surface area (Å²) in [6, 6.07) is 21.2. The van der Waals surface area contributed by atoms with Gasteiger partial charge in [-0.2, -0.15) is 0 Å². The number of carbonyl (C=O) groups is 1. The first-order valence-corrected chi connectivity index (χ1v) is 12.0. The molecule has 0 radical (unpaired) electrons. The van der Waals surface area contributed by atoms with Crippen LogP contribution in [0.25, 0.3) is 11.3 Å². The Kier molecular flexibility index (Phi) is 6.54. The summed E-state index contributed by atoms with van der Waals surface area (Å²) in [5.41, 5.74) is 6.41. The molecule has 0 bridgehead atoms. The minimum Gasteiger partial charge on any atom is -0.331 e. The Morgan fingerprint density at radius 3 is 2.48 bits per heavy atom. The third-order valence-corrected chi connectivity index (χ3v) is 6.37. The lowest BCUT2D eigenvalue weighted by atomic mass is 9.87. The maximum atomic E-state index is 12.7. The van der Waals surface area contributed by atoms with Crippen molar-refractivity contribution in [2.75, 3.05) is 10.6 Å². The number of carbonyl (C=O) groups excluding carboxylic acids is 1. The number of thiazole rings is 1. The van der Waals surface area contributed by atoms with Crippen LogP contribution in [0.5, 0.6) is 0 Å². The van der Waals surface area contributed by atoms with Gasteiger partial charge in [0.1, 0.15) is 0 Å². The van der Waals surface area contributed by atoms with Crippen LogP contribution in [0.3, 0.4) is 0 Å². The highest BCUT2D eigenvalue weighted by Gasteiger charge is 2.15. The molecule has 0 unspecified atom stereocenters. The van der Waals surface area contributed by atoms with Gasteiger partial charge in [-0.05, 0) is 59.9 Å². The number of hydrogen-bond donors (Lipinski definition) is 2. The van der Waals surface area contributed by atoms with Crippen molar-refractivity contribution in [3.8, 4) is 11.3 Å². The topological polar surface area (TPSA) is 54.0 Å². The maximum Gasteiger partial charge on any atom is 0.255 e. The van der Waals surface area contributed by atoms with E-state index >= 15 is 0 Å². The normalized spacial score (nSPS) is 11.3. The van der Waals surface area contributed by atoms with Gasteiger partial charge in [0.25, 0.3) is 5.91 Å². The fourth-order valence-electron chi connectivity index (χ4n) is 3.39. The molecule has 0 fully saturated rings. The van der Waals surface area contributed by atoms with E-state index in [1.165, 1.54) is 16.9 Å². The number of halogens is 1. The van der Waals surface area contributed by atoms with Crippen LogP contribution in [0.1, 0.15) is 42.3 Å². The zero-order valence-corrected chi connectivity index (χ0v) is 20.6. The Hall–Kier alpha value is -3.15. The molecule has 6 heteroatoms. The molecule has 4 rings (SSSR count). The lowest BCUT2D eigenvalue weighted by Crippen LogP contribution is -2.14. The first-order chi connectivity index (χ1) is 15.7. The lowest BCUT2D eigenvalue weighted by molar-refractivity contribution is 0.102. The van der Waals surface area contributed by atoms with Gasteiger partial charge >= 0.3 is 0 Å². The number of aromatic nitrogens is 1. The van der Waals surface area contributed by atoms with Crippen LogP contribution >= 0.6 is 22.9 Å². The van der Waals surface area contributed by atoms with Gasteiger partial charge < -0.3 is 10.6 Å². The summed E-state index contributed by atoms with van der Waals surface area (Å²) < 4.78 is 0. The minimum atomic E-state index is -0.135. The van der Waals surface area contributed by atoms with Crippen LogP contribution in [0, 0.1) is 6.92 Å². The monoisotopic (exact) mass is 475 g/mol. The first-order valence-electron chi connectivity index (χ1n) is 10.7. The van der Waals surface area contributed by atoms with E-state index in [4.69, 9.17) is 16.6 Å². The number of anilines is 3. The molecule has 3 aromatic carbocycles. The smallest absolute Gasteiger partial charge is 0.255 e. The van der Waals surface area contributed by atoms with E-state index in [1.54, 1.807) is 0 Å². The predicted octanol–water partition coefficient (Wildman–Crippen LogP) is 8.07. The number of aryl methyl sites for hydroxylation is 1. The van der Waals surface area contributed by atoms with Gasteiger partial charge in [-0.1, -0.05) is 62.7 Å². The van der Waals surface area contributed by atoms with Crippen LogP contribution in [-0.2, 0) is 5.41 Å². The van der Waals surface area contributed by atoms with Crippen molar-refractivity contribution in [3.63, 3.8) is 0 Å². The van der Waals surface area contributed by atoms with E-state index in [2.05, 4.69) is 31.4 Å². The van der Waals surface area contributed by atoms with Gasteiger partial charge in [-0.25, -0.2) is 4.98 Å². The van der Waals surface area contributed by atoms with E-state index in [0.29, 0.717) is 10.6 Å². The van der Waals surface area contributed by atoms with Crippen molar-refractivity contribution in [2.45, 2.75) is 33.1 Å². The summed E-state index contributed by atoms with van der Waals surface area (Å²) in [5.74, 6) is -0.135. The highest BCUT2D eigenvalue weighted by Crippen LogP contribution is 2.30. The van der Waals surface area contributed by atoms with Gasteiger partial charge in [-0.3, -0.25) is 4.79 Å². The Balaban J connectivity index is 1.48. The maximum absolute atomic E-state index is 12.7. The summed E-state index contributed by atoms with van der Waals surface area (Å²) >= 11 is 7.64. The summed E-state index contributed by atoms with van der Waals surface area (Å²) in [5, 5.41) is 9.79. The molecule has 168 valence electrons. The van der Waals surface area contributed by atoms with E-state index in [0.717, 1.165) is 33.3 Å². The van der Waals surface area contributed by atoms with Crippen LogP contribution < -0.4 is 10.6 Å². The molecule has 0 atom stereocenters. The third kappa shape index (κ3) is 5.62. The Labute approximate surface area is 203 Å². The fourth-order valence-corrected chi connectivity index (χ4v) is 4.29. The molecule has 0 aliphatic carbocycles. The predicted molar refractivity (Wildman–Crippen MR) is 140 cm³/mol. The number of rotatable bonds is 5. The second-order valence-electron chi connectivity index (χ2n) is 8.98. The number of amides is 1. The van der Waals surface area contributed by atoms with Gasteiger partial charge in [0.2, 0.25) is 0 Å². The molecule has 4 aromatic rings. The second-order valence-corrected chi connectivity index (χ2v) is 10.3. The molecule has 1 amide bonds. The van der Waals surface area contributed by atoms with Crippen molar-refractivity contribution >= 4 is 45.4 Å². The van der Waals surface area contributed by atoms with Crippen LogP contribution in [0.2, 0.25) is 5.02 Å². The van der Waals surface area contributed by atoms with Crippen molar-refractivity contribution in [1.82, 2.24) is 4.98 Å². The molecule has 1 aromatic heterocycles. The summed E-state index contributed by atoms with van der Waals surface area (Å²) in [7, 11) is 0. The minimum absolute atomic E-state index is 0.0516. The van der Waals surface area contributed by atoms with E-state index in [9.17, 15) is 4.79 Å². The quantitative estimate of drug-likeness (QED) is 0.307. The molecule has 4 nitrogen and oxygen atoms in total. The molecular formula is C27H26ClN3OS. The Bertz CT molecular complexity index is 1290. The fraction of sp³-hybridized carbons (Fsp3) is 0.185. The molecule has 0 saturated carbocycles. The molecule has 33 heavy (non-hydrogen) atoms. The standard InChI is InChI=1S/C27H26ClN3OS/c1-17-8-13-21(28)15-23(17)30-26-31-24(16-33-26)19-6-5-7-22(14-19)29-25(32)18-9-11-20(12-10-18)27(2,3)4/h5-16H,1-4H3,(H,29,32)(H,30,31). The molecule has 2 N–H and O–H groups in total. The molecule has 0 aliphatic heterocycles. The summed E-state index contributed by atoms with van der Waals surface area (Å²) in [6.07, 6.45) is 0.